The molecule has 0 N–H and O–H groups in total. The first-order chi connectivity index (χ1) is 9.26. The molecule has 0 saturated carbocycles. The van der Waals surface area contributed by atoms with Crippen LogP contribution < -0.4 is 9.64 Å². The van der Waals surface area contributed by atoms with Gasteiger partial charge in [-0.3, -0.25) is 0 Å². The van der Waals surface area contributed by atoms with E-state index in [2.05, 4.69) is 4.98 Å². The van der Waals surface area contributed by atoms with E-state index < -0.39 is 6.10 Å². The minimum atomic E-state index is -0.574. The molecule has 1 aromatic rings. The number of anilines is 1. The van der Waals surface area contributed by atoms with E-state index >= 15 is 0 Å². The molecule has 19 heavy (non-hydrogen) atoms. The summed E-state index contributed by atoms with van der Waals surface area (Å²) < 4.78 is 15.7. The van der Waals surface area contributed by atoms with Gasteiger partial charge in [0.25, 0.3) is 0 Å². The summed E-state index contributed by atoms with van der Waals surface area (Å²) in [5.74, 6) is 1.09. The van der Waals surface area contributed by atoms with Crippen molar-refractivity contribution in [3.05, 3.63) is 18.3 Å². The van der Waals surface area contributed by atoms with Crippen molar-refractivity contribution in [3.63, 3.8) is 0 Å². The highest BCUT2D eigenvalue weighted by Crippen LogP contribution is 2.26. The summed E-state index contributed by atoms with van der Waals surface area (Å²) in [4.78, 5) is 17.8. The molecule has 0 radical (unpaired) electrons. The van der Waals surface area contributed by atoms with Crippen molar-refractivity contribution >= 4 is 11.8 Å². The second-order valence-electron chi connectivity index (χ2n) is 4.09. The lowest BCUT2D eigenvalue weighted by Gasteiger charge is -2.32. The second kappa shape index (κ2) is 6.38. The Morgan fingerprint density at radius 3 is 3.21 bits per heavy atom. The van der Waals surface area contributed by atoms with Crippen LogP contribution in [0.5, 0.6) is 5.75 Å². The number of ether oxygens (including phenoxy) is 3. The number of pyridine rings is 1. The summed E-state index contributed by atoms with van der Waals surface area (Å²) >= 11 is 0. The molecule has 1 atom stereocenters. The number of carbonyl (C=O) groups is 1. The number of aromatic nitrogens is 1. The molecule has 0 bridgehead atoms. The number of carbonyl (C=O) groups excluding carboxylic acids is 1. The summed E-state index contributed by atoms with van der Waals surface area (Å²) in [5, 5.41) is 0. The quantitative estimate of drug-likeness (QED) is 0.753. The number of hydrogen-bond acceptors (Lipinski definition) is 6. The third-order valence-electron chi connectivity index (χ3n) is 2.88. The second-order valence-corrected chi connectivity index (χ2v) is 4.09. The van der Waals surface area contributed by atoms with Gasteiger partial charge in [-0.1, -0.05) is 0 Å². The largest absolute Gasteiger partial charge is 0.490 e. The highest BCUT2D eigenvalue weighted by Gasteiger charge is 2.29. The molecule has 1 aliphatic heterocycles. The van der Waals surface area contributed by atoms with Gasteiger partial charge in [0.05, 0.1) is 26.9 Å². The Morgan fingerprint density at radius 2 is 2.47 bits per heavy atom. The van der Waals surface area contributed by atoms with Crippen molar-refractivity contribution in [1.29, 1.82) is 0 Å². The van der Waals surface area contributed by atoms with E-state index in [0.717, 1.165) is 11.6 Å². The van der Waals surface area contributed by atoms with E-state index in [1.54, 1.807) is 6.20 Å². The summed E-state index contributed by atoms with van der Waals surface area (Å²) in [6, 6.07) is 3.70. The Balaban J connectivity index is 2.15. The molecule has 0 amide bonds. The Kier molecular flexibility index (Phi) is 4.57. The lowest BCUT2D eigenvalue weighted by atomic mass is 10.2. The fourth-order valence-electron chi connectivity index (χ4n) is 2.00. The molecule has 0 aliphatic carbocycles. The van der Waals surface area contributed by atoms with Gasteiger partial charge < -0.3 is 19.1 Å². The van der Waals surface area contributed by atoms with E-state index in [-0.39, 0.29) is 5.97 Å². The third kappa shape index (κ3) is 3.14. The fourth-order valence-corrected chi connectivity index (χ4v) is 2.00. The van der Waals surface area contributed by atoms with E-state index in [9.17, 15) is 4.79 Å². The van der Waals surface area contributed by atoms with Gasteiger partial charge in [0.1, 0.15) is 0 Å². The lowest BCUT2D eigenvalue weighted by Crippen LogP contribution is -2.47. The molecule has 104 valence electrons. The van der Waals surface area contributed by atoms with Gasteiger partial charge in [0, 0.05) is 12.7 Å². The van der Waals surface area contributed by atoms with Crippen molar-refractivity contribution in [2.75, 3.05) is 38.3 Å². The van der Waals surface area contributed by atoms with Crippen LogP contribution in [0.1, 0.15) is 6.92 Å². The van der Waals surface area contributed by atoms with Crippen LogP contribution >= 0.6 is 0 Å². The zero-order chi connectivity index (χ0) is 13.7. The van der Waals surface area contributed by atoms with Crippen LogP contribution in [0.2, 0.25) is 0 Å². The normalized spacial score (nSPS) is 19.1. The van der Waals surface area contributed by atoms with Crippen LogP contribution in [-0.2, 0) is 14.3 Å². The SMILES string of the molecule is CCOc1cccnc1N1CCOC(C(=O)OC)C1. The minimum absolute atomic E-state index is 0.362. The molecular formula is C13H18N2O4. The highest BCUT2D eigenvalue weighted by atomic mass is 16.6. The monoisotopic (exact) mass is 266 g/mol. The zero-order valence-corrected chi connectivity index (χ0v) is 11.2. The summed E-state index contributed by atoms with van der Waals surface area (Å²) in [5.41, 5.74) is 0. The molecule has 1 aromatic heterocycles. The number of hydrogen-bond donors (Lipinski definition) is 0. The Bertz CT molecular complexity index is 438. The average molecular weight is 266 g/mol. The van der Waals surface area contributed by atoms with Crippen molar-refractivity contribution in [2.24, 2.45) is 0 Å². The fraction of sp³-hybridized carbons (Fsp3) is 0.538. The summed E-state index contributed by atoms with van der Waals surface area (Å²) in [6.45, 7) is 4.05. The van der Waals surface area contributed by atoms with Crippen LogP contribution in [0.4, 0.5) is 5.82 Å². The third-order valence-corrected chi connectivity index (χ3v) is 2.88. The molecule has 1 saturated heterocycles. The van der Waals surface area contributed by atoms with Crippen molar-refractivity contribution in [2.45, 2.75) is 13.0 Å². The highest BCUT2D eigenvalue weighted by molar-refractivity contribution is 5.75. The van der Waals surface area contributed by atoms with E-state index in [1.807, 2.05) is 24.0 Å². The topological polar surface area (TPSA) is 60.9 Å². The van der Waals surface area contributed by atoms with E-state index in [0.29, 0.717) is 26.3 Å². The average Bonchev–Trinajstić information content (AvgIpc) is 2.47. The van der Waals surface area contributed by atoms with Crippen LogP contribution in [0.25, 0.3) is 0 Å². The van der Waals surface area contributed by atoms with Crippen molar-refractivity contribution < 1.29 is 19.0 Å². The first-order valence-corrected chi connectivity index (χ1v) is 6.28. The van der Waals surface area contributed by atoms with Crippen LogP contribution in [0.15, 0.2) is 18.3 Å². The number of esters is 1. The molecule has 0 aromatic carbocycles. The van der Waals surface area contributed by atoms with Crippen LogP contribution in [-0.4, -0.2) is 50.5 Å². The van der Waals surface area contributed by atoms with Gasteiger partial charge in [-0.05, 0) is 19.1 Å². The molecule has 1 fully saturated rings. The molecule has 0 spiro atoms. The molecule has 1 aliphatic rings. The lowest BCUT2D eigenvalue weighted by molar-refractivity contribution is -0.154. The van der Waals surface area contributed by atoms with E-state index in [1.165, 1.54) is 7.11 Å². The maximum absolute atomic E-state index is 11.5. The van der Waals surface area contributed by atoms with Crippen LogP contribution in [0, 0.1) is 0 Å². The van der Waals surface area contributed by atoms with Crippen LogP contribution in [0.3, 0.4) is 0 Å². The van der Waals surface area contributed by atoms with Gasteiger partial charge in [-0.2, -0.15) is 0 Å². The Morgan fingerprint density at radius 1 is 1.63 bits per heavy atom. The first-order valence-electron chi connectivity index (χ1n) is 6.28. The molecule has 2 heterocycles. The van der Waals surface area contributed by atoms with Gasteiger partial charge in [0.15, 0.2) is 17.7 Å². The Hall–Kier alpha value is -1.82. The number of rotatable bonds is 4. The van der Waals surface area contributed by atoms with Crippen molar-refractivity contribution in [1.82, 2.24) is 4.98 Å². The van der Waals surface area contributed by atoms with Crippen molar-refractivity contribution in [3.8, 4) is 5.75 Å². The summed E-state index contributed by atoms with van der Waals surface area (Å²) in [7, 11) is 1.36. The first kappa shape index (κ1) is 13.6. The molecular weight excluding hydrogens is 248 g/mol. The number of morpholine rings is 1. The predicted molar refractivity (Wildman–Crippen MR) is 69.4 cm³/mol. The predicted octanol–water partition coefficient (Wildman–Crippen LogP) is 0.858. The number of methoxy groups -OCH3 is 1. The van der Waals surface area contributed by atoms with Gasteiger partial charge >= 0.3 is 5.97 Å². The standard InChI is InChI=1S/C13H18N2O4/c1-3-18-10-5-4-6-14-12(10)15-7-8-19-11(9-15)13(16)17-2/h4-6,11H,3,7-9H2,1-2H3. The maximum atomic E-state index is 11.5. The number of nitrogens with zero attached hydrogens (tertiary/aromatic N) is 2. The Labute approximate surface area is 112 Å². The molecule has 6 heteroatoms. The zero-order valence-electron chi connectivity index (χ0n) is 11.2. The van der Waals surface area contributed by atoms with E-state index in [4.69, 9.17) is 14.2 Å². The molecule has 6 nitrogen and oxygen atoms in total. The smallest absolute Gasteiger partial charge is 0.336 e. The van der Waals surface area contributed by atoms with Gasteiger partial charge in [-0.25, -0.2) is 9.78 Å². The molecule has 2 rings (SSSR count). The maximum Gasteiger partial charge on any atom is 0.336 e. The van der Waals surface area contributed by atoms with Gasteiger partial charge in [-0.15, -0.1) is 0 Å². The summed E-state index contributed by atoms with van der Waals surface area (Å²) in [6.07, 6.45) is 1.13. The van der Waals surface area contributed by atoms with Gasteiger partial charge in [0.2, 0.25) is 0 Å². The molecule has 1 unspecified atom stereocenters. The minimum Gasteiger partial charge on any atom is -0.490 e.